The molecule has 1 N–H and O–H groups in total. The second kappa shape index (κ2) is 9.73. The summed E-state index contributed by atoms with van der Waals surface area (Å²) in [6.45, 7) is 3.45. The van der Waals surface area contributed by atoms with Crippen molar-refractivity contribution in [1.29, 1.82) is 0 Å². The van der Waals surface area contributed by atoms with Crippen LogP contribution in [0.4, 0.5) is 10.6 Å². The lowest BCUT2D eigenvalue weighted by Gasteiger charge is -2.17. The first kappa shape index (κ1) is 18.9. The highest BCUT2D eigenvalue weighted by Crippen LogP contribution is 2.17. The average molecular weight is 316 g/mol. The maximum Gasteiger partial charge on any atom is 0.420 e. The van der Waals surface area contributed by atoms with E-state index in [1.807, 2.05) is 0 Å². The van der Waals surface area contributed by atoms with E-state index in [2.05, 4.69) is 21.6 Å². The Kier molecular flexibility index (Phi) is 8.75. The molecule has 0 aromatic carbocycles. The molecule has 8 heteroatoms. The van der Waals surface area contributed by atoms with Gasteiger partial charge in [-0.2, -0.15) is 0 Å². The van der Waals surface area contributed by atoms with Gasteiger partial charge < -0.3 is 14.8 Å². The average Bonchev–Trinajstić information content (AvgIpc) is 2.45. The molecule has 0 aliphatic heterocycles. The molecule has 0 unspecified atom stereocenters. The lowest BCUT2D eigenvalue weighted by Crippen LogP contribution is -2.28. The van der Waals surface area contributed by atoms with Crippen molar-refractivity contribution in [3.8, 4) is 0 Å². The number of ether oxygens (including phenoxy) is 2. The van der Waals surface area contributed by atoms with Gasteiger partial charge in [-0.25, -0.2) is 9.78 Å². The zero-order valence-electron chi connectivity index (χ0n) is 11.9. The molecule has 0 aliphatic rings. The summed E-state index contributed by atoms with van der Waals surface area (Å²) in [6.07, 6.45) is 1.95. The number of amides is 1. The molecule has 0 radical (unpaired) electrons. The summed E-state index contributed by atoms with van der Waals surface area (Å²) in [5, 5.41) is 2.69. The minimum Gasteiger partial charge on any atom is -0.460 e. The number of hydrogen-bond acceptors (Lipinski definition) is 6. The highest BCUT2D eigenvalue weighted by Gasteiger charge is 2.17. The number of carbonyl (C=O) groups is 2. The SMILES string of the molecule is C=COC(=O)N(C)c1ncccc1COC(=O)CNC.Cl. The molecule has 0 aliphatic carbocycles. The van der Waals surface area contributed by atoms with Crippen molar-refractivity contribution in [2.24, 2.45) is 0 Å². The molecular weight excluding hydrogens is 298 g/mol. The number of esters is 1. The lowest BCUT2D eigenvalue weighted by atomic mass is 10.2. The summed E-state index contributed by atoms with van der Waals surface area (Å²) in [7, 11) is 3.16. The predicted molar refractivity (Wildman–Crippen MR) is 80.3 cm³/mol. The Morgan fingerprint density at radius 2 is 2.24 bits per heavy atom. The fourth-order valence-corrected chi connectivity index (χ4v) is 1.44. The molecule has 7 nitrogen and oxygen atoms in total. The molecular formula is C13H18ClN3O4. The van der Waals surface area contributed by atoms with Crippen molar-refractivity contribution in [3.05, 3.63) is 36.7 Å². The van der Waals surface area contributed by atoms with Crippen molar-refractivity contribution < 1.29 is 19.1 Å². The van der Waals surface area contributed by atoms with Crippen LogP contribution in [0.15, 0.2) is 31.2 Å². The lowest BCUT2D eigenvalue weighted by molar-refractivity contribution is -0.143. The van der Waals surface area contributed by atoms with Gasteiger partial charge in [0.2, 0.25) is 0 Å². The minimum absolute atomic E-state index is 0. The van der Waals surface area contributed by atoms with Crippen LogP contribution in [0.5, 0.6) is 0 Å². The summed E-state index contributed by atoms with van der Waals surface area (Å²) in [6, 6.07) is 3.41. The number of halogens is 1. The van der Waals surface area contributed by atoms with Gasteiger partial charge in [-0.05, 0) is 13.1 Å². The van der Waals surface area contributed by atoms with Crippen LogP contribution < -0.4 is 10.2 Å². The van der Waals surface area contributed by atoms with Crippen LogP contribution in [0.3, 0.4) is 0 Å². The summed E-state index contributed by atoms with van der Waals surface area (Å²) >= 11 is 0. The van der Waals surface area contributed by atoms with Gasteiger partial charge in [-0.15, -0.1) is 12.4 Å². The third-order valence-corrected chi connectivity index (χ3v) is 2.35. The summed E-state index contributed by atoms with van der Waals surface area (Å²) < 4.78 is 9.73. The Bertz CT molecular complexity index is 496. The van der Waals surface area contributed by atoms with Crippen molar-refractivity contribution in [2.75, 3.05) is 25.5 Å². The number of likely N-dealkylation sites (N-methyl/N-ethyl adjacent to an activating group) is 1. The monoisotopic (exact) mass is 315 g/mol. The molecule has 1 heterocycles. The zero-order valence-corrected chi connectivity index (χ0v) is 12.7. The standard InChI is InChI=1S/C13H17N3O4.ClH/c1-4-19-13(18)16(3)12-10(6-5-7-15-12)9-20-11(17)8-14-2;/h4-7,14H,1,8-9H2,2-3H3;1H. The Balaban J connectivity index is 0.00000400. The van der Waals surface area contributed by atoms with Gasteiger partial charge in [-0.3, -0.25) is 9.69 Å². The van der Waals surface area contributed by atoms with Gasteiger partial charge in [0.25, 0.3) is 0 Å². The highest BCUT2D eigenvalue weighted by molar-refractivity contribution is 5.87. The van der Waals surface area contributed by atoms with E-state index in [1.165, 1.54) is 18.1 Å². The molecule has 21 heavy (non-hydrogen) atoms. The first-order valence-corrected chi connectivity index (χ1v) is 5.89. The predicted octanol–water partition coefficient (Wildman–Crippen LogP) is 1.48. The van der Waals surface area contributed by atoms with Crippen molar-refractivity contribution in [2.45, 2.75) is 6.61 Å². The topological polar surface area (TPSA) is 80.8 Å². The Morgan fingerprint density at radius 1 is 1.52 bits per heavy atom. The third-order valence-electron chi connectivity index (χ3n) is 2.35. The number of nitrogens with one attached hydrogen (secondary N) is 1. The van der Waals surface area contributed by atoms with E-state index < -0.39 is 12.1 Å². The number of hydrogen-bond donors (Lipinski definition) is 1. The molecule has 0 bridgehead atoms. The van der Waals surface area contributed by atoms with Gasteiger partial charge in [0.1, 0.15) is 12.4 Å². The van der Waals surface area contributed by atoms with Crippen molar-refractivity contribution >= 4 is 30.3 Å². The van der Waals surface area contributed by atoms with Crippen molar-refractivity contribution in [3.63, 3.8) is 0 Å². The molecule has 0 spiro atoms. The quantitative estimate of drug-likeness (QED) is 0.632. The molecule has 1 rings (SSSR count). The number of aromatic nitrogens is 1. The molecule has 0 atom stereocenters. The molecule has 0 fully saturated rings. The Labute approximate surface area is 129 Å². The fourth-order valence-electron chi connectivity index (χ4n) is 1.44. The number of nitrogens with zero attached hydrogens (tertiary/aromatic N) is 2. The first-order valence-electron chi connectivity index (χ1n) is 5.89. The molecule has 1 aromatic heterocycles. The number of carbonyl (C=O) groups excluding carboxylic acids is 2. The molecule has 116 valence electrons. The normalized spacial score (nSPS) is 9.24. The number of anilines is 1. The Hall–Kier alpha value is -2.12. The van der Waals surface area contributed by atoms with Gasteiger partial charge in [0.15, 0.2) is 0 Å². The second-order valence-electron chi connectivity index (χ2n) is 3.79. The molecule has 0 saturated carbocycles. The fraction of sp³-hybridized carbons (Fsp3) is 0.308. The zero-order chi connectivity index (χ0) is 15.0. The van der Waals surface area contributed by atoms with Crippen LogP contribution in [0.1, 0.15) is 5.56 Å². The summed E-state index contributed by atoms with van der Waals surface area (Å²) in [4.78, 5) is 28.2. The Morgan fingerprint density at radius 3 is 2.86 bits per heavy atom. The smallest absolute Gasteiger partial charge is 0.420 e. The van der Waals surface area contributed by atoms with E-state index in [0.717, 1.165) is 6.26 Å². The summed E-state index contributed by atoms with van der Waals surface area (Å²) in [5.41, 5.74) is 0.598. The van der Waals surface area contributed by atoms with E-state index >= 15 is 0 Å². The van der Waals surface area contributed by atoms with Crippen LogP contribution >= 0.6 is 12.4 Å². The molecule has 1 aromatic rings. The highest BCUT2D eigenvalue weighted by atomic mass is 35.5. The van der Waals surface area contributed by atoms with E-state index in [-0.39, 0.29) is 25.6 Å². The van der Waals surface area contributed by atoms with Crippen LogP contribution in [0.25, 0.3) is 0 Å². The molecule has 1 amide bonds. The summed E-state index contributed by atoms with van der Waals surface area (Å²) in [5.74, 6) is -0.0322. The van der Waals surface area contributed by atoms with Crippen LogP contribution in [-0.4, -0.2) is 37.7 Å². The number of rotatable bonds is 6. The van der Waals surface area contributed by atoms with Crippen LogP contribution in [0.2, 0.25) is 0 Å². The second-order valence-corrected chi connectivity index (χ2v) is 3.79. The maximum atomic E-state index is 11.6. The van der Waals surface area contributed by atoms with Gasteiger partial charge in [-0.1, -0.05) is 12.6 Å². The van der Waals surface area contributed by atoms with Gasteiger partial charge in [0.05, 0.1) is 12.8 Å². The largest absolute Gasteiger partial charge is 0.460 e. The van der Waals surface area contributed by atoms with Gasteiger partial charge >= 0.3 is 12.1 Å². The van der Waals surface area contributed by atoms with Crippen molar-refractivity contribution in [1.82, 2.24) is 10.3 Å². The van der Waals surface area contributed by atoms with E-state index in [0.29, 0.717) is 11.4 Å². The van der Waals surface area contributed by atoms with Gasteiger partial charge in [0, 0.05) is 18.8 Å². The molecule has 0 saturated heterocycles. The van der Waals surface area contributed by atoms with Crippen LogP contribution in [0, 0.1) is 0 Å². The number of pyridine rings is 1. The maximum absolute atomic E-state index is 11.6. The first-order chi connectivity index (χ1) is 9.60. The minimum atomic E-state index is -0.624. The third kappa shape index (κ3) is 5.80. The van der Waals surface area contributed by atoms with E-state index in [9.17, 15) is 9.59 Å². The van der Waals surface area contributed by atoms with Crippen LogP contribution in [-0.2, 0) is 20.9 Å². The van der Waals surface area contributed by atoms with E-state index in [4.69, 9.17) is 4.74 Å². The van der Waals surface area contributed by atoms with E-state index in [1.54, 1.807) is 19.2 Å².